The minimum absolute atomic E-state index is 0.163. The van der Waals surface area contributed by atoms with Gasteiger partial charge >= 0.3 is 0 Å². The van der Waals surface area contributed by atoms with Gasteiger partial charge in [0, 0.05) is 31.3 Å². The van der Waals surface area contributed by atoms with Crippen LogP contribution in [-0.4, -0.2) is 31.3 Å². The van der Waals surface area contributed by atoms with Gasteiger partial charge in [0.05, 0.1) is 0 Å². The maximum Gasteiger partial charge on any atom is 0.0484 e. The molecule has 3 atom stereocenters. The molecule has 2 aliphatic rings. The van der Waals surface area contributed by atoms with Gasteiger partial charge in [0.25, 0.3) is 0 Å². The molecule has 3 unspecified atom stereocenters. The molecule has 1 saturated heterocycles. The third-order valence-electron chi connectivity index (χ3n) is 4.17. The highest BCUT2D eigenvalue weighted by Gasteiger charge is 2.36. The van der Waals surface area contributed by atoms with E-state index >= 15 is 0 Å². The summed E-state index contributed by atoms with van der Waals surface area (Å²) in [5.41, 5.74) is 6.12. The van der Waals surface area contributed by atoms with Crippen LogP contribution in [0.5, 0.6) is 0 Å². The lowest BCUT2D eigenvalue weighted by Crippen LogP contribution is -2.59. The van der Waals surface area contributed by atoms with Gasteiger partial charge in [0.1, 0.15) is 0 Å². The first-order valence-corrected chi connectivity index (χ1v) is 6.31. The Balaban J connectivity index is 1.93. The molecule has 0 bridgehead atoms. The molecular formula is C12H24N2O. The Labute approximate surface area is 92.7 Å². The molecule has 2 rings (SSSR count). The second-order valence-corrected chi connectivity index (χ2v) is 5.26. The predicted molar refractivity (Wildman–Crippen MR) is 61.8 cm³/mol. The van der Waals surface area contributed by atoms with Gasteiger partial charge in [-0.2, -0.15) is 0 Å². The summed E-state index contributed by atoms with van der Waals surface area (Å²) in [5, 5.41) is 3.80. The average Bonchev–Trinajstić information content (AvgIpc) is 2.50. The van der Waals surface area contributed by atoms with E-state index in [-0.39, 0.29) is 5.54 Å². The summed E-state index contributed by atoms with van der Waals surface area (Å²) >= 11 is 0. The number of nitrogens with two attached hydrogens (primary N) is 1. The monoisotopic (exact) mass is 212 g/mol. The van der Waals surface area contributed by atoms with E-state index in [1.807, 2.05) is 0 Å². The molecule has 3 N–H and O–H groups in total. The first-order valence-electron chi connectivity index (χ1n) is 6.31. The smallest absolute Gasteiger partial charge is 0.0484 e. The zero-order chi connectivity index (χ0) is 10.7. The lowest BCUT2D eigenvalue weighted by molar-refractivity contribution is 0.122. The van der Waals surface area contributed by atoms with Crippen LogP contribution in [0.15, 0.2) is 0 Å². The summed E-state index contributed by atoms with van der Waals surface area (Å²) < 4.78 is 5.52. The third kappa shape index (κ3) is 2.52. The molecule has 1 aliphatic carbocycles. The van der Waals surface area contributed by atoms with E-state index < -0.39 is 0 Å². The van der Waals surface area contributed by atoms with Gasteiger partial charge in [-0.05, 0) is 38.0 Å². The molecule has 2 fully saturated rings. The first-order chi connectivity index (χ1) is 7.26. The van der Waals surface area contributed by atoms with E-state index in [1.54, 1.807) is 0 Å². The molecule has 0 aromatic rings. The minimum atomic E-state index is 0.163. The van der Waals surface area contributed by atoms with Gasteiger partial charge in [-0.25, -0.2) is 0 Å². The van der Waals surface area contributed by atoms with Crippen molar-refractivity contribution < 1.29 is 4.74 Å². The second kappa shape index (κ2) is 4.81. The van der Waals surface area contributed by atoms with Crippen molar-refractivity contribution >= 4 is 0 Å². The average molecular weight is 212 g/mol. The molecule has 0 aromatic heterocycles. The Morgan fingerprint density at radius 2 is 2.20 bits per heavy atom. The molecule has 0 amide bonds. The second-order valence-electron chi connectivity index (χ2n) is 5.26. The van der Waals surface area contributed by atoms with Crippen molar-refractivity contribution in [1.29, 1.82) is 0 Å². The van der Waals surface area contributed by atoms with Crippen molar-refractivity contribution in [3.63, 3.8) is 0 Å². The molecule has 1 saturated carbocycles. The number of nitrogens with one attached hydrogen (secondary N) is 1. The Hall–Kier alpha value is -0.120. The Morgan fingerprint density at radius 3 is 2.80 bits per heavy atom. The number of hydrogen-bond acceptors (Lipinski definition) is 3. The molecule has 0 radical (unpaired) electrons. The van der Waals surface area contributed by atoms with Crippen molar-refractivity contribution in [2.45, 2.75) is 50.6 Å². The zero-order valence-electron chi connectivity index (χ0n) is 9.80. The van der Waals surface area contributed by atoms with Gasteiger partial charge in [0.2, 0.25) is 0 Å². The summed E-state index contributed by atoms with van der Waals surface area (Å²) in [6.07, 6.45) is 6.09. The molecule has 1 aliphatic heterocycles. The quantitative estimate of drug-likeness (QED) is 0.740. The van der Waals surface area contributed by atoms with Crippen LogP contribution in [0.1, 0.15) is 39.0 Å². The fourth-order valence-corrected chi connectivity index (χ4v) is 2.69. The number of rotatable bonds is 3. The Bertz CT molecular complexity index is 200. The molecule has 3 heteroatoms. The molecular weight excluding hydrogens is 188 g/mol. The Kier molecular flexibility index (Phi) is 3.65. The topological polar surface area (TPSA) is 47.3 Å². The van der Waals surface area contributed by atoms with E-state index in [2.05, 4.69) is 12.2 Å². The van der Waals surface area contributed by atoms with Crippen LogP contribution < -0.4 is 11.1 Å². The highest BCUT2D eigenvalue weighted by atomic mass is 16.5. The predicted octanol–water partition coefficient (Wildman–Crippen LogP) is 1.27. The highest BCUT2D eigenvalue weighted by molar-refractivity contribution is 4.96. The van der Waals surface area contributed by atoms with E-state index in [0.717, 1.165) is 38.5 Å². The van der Waals surface area contributed by atoms with Crippen molar-refractivity contribution in [1.82, 2.24) is 5.32 Å². The summed E-state index contributed by atoms with van der Waals surface area (Å²) in [5.74, 6) is 0.831. The number of hydrogen-bond donors (Lipinski definition) is 2. The lowest BCUT2D eigenvalue weighted by atomic mass is 9.78. The summed E-state index contributed by atoms with van der Waals surface area (Å²) in [6, 6.07) is 0.701. The fourth-order valence-electron chi connectivity index (χ4n) is 2.69. The maximum absolute atomic E-state index is 5.96. The lowest BCUT2D eigenvalue weighted by Gasteiger charge is -2.43. The van der Waals surface area contributed by atoms with Crippen LogP contribution in [0.2, 0.25) is 0 Å². The van der Waals surface area contributed by atoms with Gasteiger partial charge in [-0.3, -0.25) is 0 Å². The largest absolute Gasteiger partial charge is 0.381 e. The molecule has 0 spiro atoms. The van der Waals surface area contributed by atoms with Gasteiger partial charge < -0.3 is 15.8 Å². The van der Waals surface area contributed by atoms with Gasteiger partial charge in [-0.1, -0.05) is 6.92 Å². The van der Waals surface area contributed by atoms with Crippen LogP contribution in [0.4, 0.5) is 0 Å². The zero-order valence-corrected chi connectivity index (χ0v) is 9.80. The van der Waals surface area contributed by atoms with Crippen molar-refractivity contribution in [3.05, 3.63) is 0 Å². The molecule has 1 heterocycles. The van der Waals surface area contributed by atoms with Crippen LogP contribution in [0.25, 0.3) is 0 Å². The highest BCUT2D eigenvalue weighted by Crippen LogP contribution is 2.31. The fraction of sp³-hybridized carbons (Fsp3) is 1.00. The van der Waals surface area contributed by atoms with E-state index in [9.17, 15) is 0 Å². The molecule has 15 heavy (non-hydrogen) atoms. The maximum atomic E-state index is 5.96. The van der Waals surface area contributed by atoms with Crippen molar-refractivity contribution in [3.8, 4) is 0 Å². The molecule has 3 nitrogen and oxygen atoms in total. The van der Waals surface area contributed by atoms with Gasteiger partial charge in [0.15, 0.2) is 0 Å². The van der Waals surface area contributed by atoms with Crippen LogP contribution >= 0.6 is 0 Å². The standard InChI is InChI=1S/C12H24N2O/c1-10-3-4-11(10)14-12(9-13)5-2-7-15-8-6-12/h10-11,14H,2-9,13H2,1H3. The van der Waals surface area contributed by atoms with E-state index in [0.29, 0.717) is 6.04 Å². The third-order valence-corrected chi connectivity index (χ3v) is 4.17. The van der Waals surface area contributed by atoms with Crippen LogP contribution in [-0.2, 0) is 4.74 Å². The van der Waals surface area contributed by atoms with Crippen molar-refractivity contribution in [2.75, 3.05) is 19.8 Å². The minimum Gasteiger partial charge on any atom is -0.381 e. The summed E-state index contributed by atoms with van der Waals surface area (Å²) in [7, 11) is 0. The summed E-state index contributed by atoms with van der Waals surface area (Å²) in [4.78, 5) is 0. The van der Waals surface area contributed by atoms with Gasteiger partial charge in [-0.15, -0.1) is 0 Å². The Morgan fingerprint density at radius 1 is 1.33 bits per heavy atom. The normalized spacial score (nSPS) is 42.0. The van der Waals surface area contributed by atoms with Crippen LogP contribution in [0.3, 0.4) is 0 Å². The first kappa shape index (κ1) is 11.4. The number of ether oxygens (including phenoxy) is 1. The van der Waals surface area contributed by atoms with E-state index in [4.69, 9.17) is 10.5 Å². The SMILES string of the molecule is CC1CCC1NC1(CN)CCCOCC1. The van der Waals surface area contributed by atoms with E-state index in [1.165, 1.54) is 19.3 Å². The van der Waals surface area contributed by atoms with Crippen LogP contribution in [0, 0.1) is 5.92 Å². The molecule has 88 valence electrons. The molecule has 0 aromatic carbocycles. The summed E-state index contributed by atoms with van der Waals surface area (Å²) in [6.45, 7) is 4.85. The van der Waals surface area contributed by atoms with Crippen molar-refractivity contribution in [2.24, 2.45) is 11.7 Å².